The molecule has 1 heterocycles. The summed E-state index contributed by atoms with van der Waals surface area (Å²) in [6.45, 7) is 12.2. The summed E-state index contributed by atoms with van der Waals surface area (Å²) in [5, 5.41) is 0. The molecular formula is C12H25NOS. The molecule has 0 aliphatic carbocycles. The van der Waals surface area contributed by atoms with Crippen LogP contribution in [-0.2, 0) is 6.42 Å². The minimum atomic E-state index is 1.10. The van der Waals surface area contributed by atoms with Gasteiger partial charge in [-0.25, -0.2) is 0 Å². The van der Waals surface area contributed by atoms with Gasteiger partial charge < -0.3 is 4.55 Å². The molecule has 0 radical (unpaired) electrons. The summed E-state index contributed by atoms with van der Waals surface area (Å²) in [7, 11) is 0. The molecule has 1 rings (SSSR count). The average molecular weight is 231 g/mol. The first-order valence-corrected chi connectivity index (χ1v) is 5.84. The third-order valence-electron chi connectivity index (χ3n) is 1.37. The maximum absolute atomic E-state index is 6.69. The van der Waals surface area contributed by atoms with E-state index >= 15 is 0 Å². The van der Waals surface area contributed by atoms with Crippen LogP contribution in [-0.4, -0.2) is 9.54 Å². The Morgan fingerprint density at radius 3 is 1.93 bits per heavy atom. The lowest BCUT2D eigenvalue weighted by Gasteiger charge is -1.94. The minimum Gasteiger partial charge on any atom is -0.333 e. The van der Waals surface area contributed by atoms with Gasteiger partial charge in [-0.2, -0.15) is 0 Å². The highest BCUT2D eigenvalue weighted by Gasteiger charge is 1.87. The van der Waals surface area contributed by atoms with Crippen LogP contribution in [0.3, 0.4) is 0 Å². The predicted molar refractivity (Wildman–Crippen MR) is 72.7 cm³/mol. The lowest BCUT2D eigenvalue weighted by molar-refractivity contribution is 0.679. The molecule has 0 aliphatic heterocycles. The number of aryl methyl sites for hydroxylation is 2. The van der Waals surface area contributed by atoms with Gasteiger partial charge in [0.1, 0.15) is 0 Å². The Balaban J connectivity index is -0.000000208. The Morgan fingerprint density at radius 2 is 1.67 bits per heavy atom. The lowest BCUT2D eigenvalue weighted by atomic mass is 10.2. The summed E-state index contributed by atoms with van der Waals surface area (Å²) in [6.07, 6.45) is 2.96. The molecule has 0 spiro atoms. The van der Waals surface area contributed by atoms with Crippen molar-refractivity contribution in [1.29, 1.82) is 0 Å². The first-order chi connectivity index (χ1) is 7.33. The molecule has 0 aliphatic rings. The van der Waals surface area contributed by atoms with Crippen LogP contribution in [0, 0.1) is 6.92 Å². The standard InChI is InChI=1S/C8H11N.2C2H6.H2OS/c1-3-8-4-5-9-7(2)6-8;3*1-2/h4-6H,3H2,1-2H3;2*1-2H3;1-2H. The van der Waals surface area contributed by atoms with Crippen molar-refractivity contribution in [2.24, 2.45) is 0 Å². The number of nitrogens with zero attached hydrogens (tertiary/aromatic N) is 1. The van der Waals surface area contributed by atoms with Crippen LogP contribution < -0.4 is 0 Å². The third-order valence-corrected chi connectivity index (χ3v) is 1.37. The molecule has 0 fully saturated rings. The molecule has 0 bridgehead atoms. The molecule has 0 amide bonds. The van der Waals surface area contributed by atoms with Crippen molar-refractivity contribution in [1.82, 2.24) is 4.98 Å². The van der Waals surface area contributed by atoms with Gasteiger partial charge in [0.25, 0.3) is 0 Å². The van der Waals surface area contributed by atoms with Gasteiger partial charge in [0.05, 0.1) is 0 Å². The fourth-order valence-corrected chi connectivity index (χ4v) is 0.824. The highest BCUT2D eigenvalue weighted by Crippen LogP contribution is 1.99. The van der Waals surface area contributed by atoms with Crippen molar-refractivity contribution in [3.8, 4) is 0 Å². The summed E-state index contributed by atoms with van der Waals surface area (Å²) in [5.74, 6) is 0. The molecule has 1 aromatic rings. The summed E-state index contributed by atoms with van der Waals surface area (Å²) >= 11 is 2.53. The Morgan fingerprint density at radius 1 is 1.20 bits per heavy atom. The van der Waals surface area contributed by atoms with E-state index < -0.39 is 0 Å². The summed E-state index contributed by atoms with van der Waals surface area (Å²) in [5.41, 5.74) is 2.47. The topological polar surface area (TPSA) is 33.1 Å². The van der Waals surface area contributed by atoms with E-state index in [4.69, 9.17) is 4.55 Å². The van der Waals surface area contributed by atoms with E-state index in [1.807, 2.05) is 46.9 Å². The van der Waals surface area contributed by atoms with Gasteiger partial charge in [0.15, 0.2) is 0 Å². The van der Waals surface area contributed by atoms with Crippen molar-refractivity contribution in [3.05, 3.63) is 29.6 Å². The Hall–Kier alpha value is -0.540. The molecule has 90 valence electrons. The molecule has 0 atom stereocenters. The van der Waals surface area contributed by atoms with Crippen molar-refractivity contribution >= 4 is 12.9 Å². The van der Waals surface area contributed by atoms with E-state index in [0.717, 1.165) is 12.1 Å². The van der Waals surface area contributed by atoms with Crippen LogP contribution in [0.1, 0.15) is 45.9 Å². The van der Waals surface area contributed by atoms with Crippen LogP contribution >= 0.6 is 12.9 Å². The van der Waals surface area contributed by atoms with E-state index in [-0.39, 0.29) is 0 Å². The highest BCUT2D eigenvalue weighted by atomic mass is 32.1. The first kappa shape index (κ1) is 19.9. The largest absolute Gasteiger partial charge is 0.333 e. The first-order valence-electron chi connectivity index (χ1n) is 5.44. The van der Waals surface area contributed by atoms with Crippen LogP contribution in [0.5, 0.6) is 0 Å². The molecule has 1 aromatic heterocycles. The van der Waals surface area contributed by atoms with E-state index in [1.54, 1.807) is 0 Å². The number of pyridine rings is 1. The van der Waals surface area contributed by atoms with Crippen molar-refractivity contribution in [2.75, 3.05) is 0 Å². The number of hydrogen-bond donors (Lipinski definition) is 2. The predicted octanol–water partition coefficient (Wildman–Crippen LogP) is 4.39. The van der Waals surface area contributed by atoms with Crippen LogP contribution in [0.4, 0.5) is 0 Å². The number of thiol groups is 1. The second-order valence-electron chi connectivity index (χ2n) is 2.16. The van der Waals surface area contributed by atoms with Crippen LogP contribution in [0.2, 0.25) is 0 Å². The number of hydrogen-bond acceptors (Lipinski definition) is 3. The molecule has 0 aromatic carbocycles. The molecule has 3 heteroatoms. The Kier molecular flexibility index (Phi) is 25.4. The van der Waals surface area contributed by atoms with Gasteiger partial charge in [-0.15, -0.1) is 0 Å². The third kappa shape index (κ3) is 13.5. The second-order valence-corrected chi connectivity index (χ2v) is 2.16. The molecule has 0 saturated heterocycles. The lowest BCUT2D eigenvalue weighted by Crippen LogP contribution is -1.83. The minimum absolute atomic E-state index is 1.10. The normalized spacial score (nSPS) is 6.93. The fraction of sp³-hybridized carbons (Fsp3) is 0.583. The van der Waals surface area contributed by atoms with Crippen molar-refractivity contribution in [3.63, 3.8) is 0 Å². The number of rotatable bonds is 1. The quantitative estimate of drug-likeness (QED) is 0.555. The molecule has 0 saturated carbocycles. The van der Waals surface area contributed by atoms with E-state index in [0.29, 0.717) is 0 Å². The maximum atomic E-state index is 6.69. The monoisotopic (exact) mass is 231 g/mol. The Bertz CT molecular complexity index is 205. The highest BCUT2D eigenvalue weighted by molar-refractivity contribution is 7.74. The fourth-order valence-electron chi connectivity index (χ4n) is 0.824. The van der Waals surface area contributed by atoms with Gasteiger partial charge in [-0.3, -0.25) is 4.98 Å². The van der Waals surface area contributed by atoms with E-state index in [2.05, 4.69) is 30.9 Å². The van der Waals surface area contributed by atoms with Crippen LogP contribution in [0.15, 0.2) is 18.3 Å². The van der Waals surface area contributed by atoms with Gasteiger partial charge in [0, 0.05) is 11.9 Å². The zero-order valence-electron chi connectivity index (χ0n) is 10.8. The smallest absolute Gasteiger partial charge is 0.0375 e. The zero-order chi connectivity index (χ0) is 12.7. The molecule has 2 nitrogen and oxygen atoms in total. The Labute approximate surface area is 100 Å². The average Bonchev–Trinajstić information content (AvgIpc) is 2.36. The molecular weight excluding hydrogens is 206 g/mol. The maximum Gasteiger partial charge on any atom is 0.0375 e. The van der Waals surface area contributed by atoms with Gasteiger partial charge in [-0.05, 0) is 44.0 Å². The van der Waals surface area contributed by atoms with Gasteiger partial charge >= 0.3 is 0 Å². The summed E-state index contributed by atoms with van der Waals surface area (Å²) in [4.78, 5) is 4.09. The molecule has 0 unspecified atom stereocenters. The van der Waals surface area contributed by atoms with E-state index in [9.17, 15) is 0 Å². The van der Waals surface area contributed by atoms with Crippen molar-refractivity contribution < 1.29 is 4.55 Å². The molecule has 15 heavy (non-hydrogen) atoms. The number of aromatic nitrogens is 1. The molecule has 1 N–H and O–H groups in total. The van der Waals surface area contributed by atoms with E-state index in [1.165, 1.54) is 5.56 Å². The van der Waals surface area contributed by atoms with Gasteiger partial charge in [0.2, 0.25) is 0 Å². The summed E-state index contributed by atoms with van der Waals surface area (Å²) in [6, 6.07) is 4.16. The van der Waals surface area contributed by atoms with Crippen molar-refractivity contribution in [2.45, 2.75) is 48.0 Å². The zero-order valence-corrected chi connectivity index (χ0v) is 11.7. The van der Waals surface area contributed by atoms with Crippen LogP contribution in [0.25, 0.3) is 0 Å². The second kappa shape index (κ2) is 19.1. The summed E-state index contributed by atoms with van der Waals surface area (Å²) < 4.78 is 6.69. The van der Waals surface area contributed by atoms with Gasteiger partial charge in [-0.1, -0.05) is 34.6 Å². The SMILES string of the molecule is CC.CC.CCc1ccnc(C)c1.OS.